The number of carbonyl (C=O) groups is 1. The molecule has 0 heterocycles. The predicted molar refractivity (Wildman–Crippen MR) is 84.1 cm³/mol. The van der Waals surface area contributed by atoms with Crippen molar-refractivity contribution in [3.63, 3.8) is 0 Å². The van der Waals surface area contributed by atoms with Gasteiger partial charge in [0.25, 0.3) is 0 Å². The number of rotatable bonds is 0. The Labute approximate surface area is 132 Å². The van der Waals surface area contributed by atoms with Gasteiger partial charge in [-0.3, -0.25) is 4.79 Å². The van der Waals surface area contributed by atoms with Gasteiger partial charge in [0.2, 0.25) is 0 Å². The second-order valence-corrected chi connectivity index (χ2v) is 8.37. The molecule has 0 bridgehead atoms. The lowest BCUT2D eigenvalue weighted by atomic mass is 9.47. The van der Waals surface area contributed by atoms with Crippen LogP contribution in [-0.4, -0.2) is 27.7 Å². The van der Waals surface area contributed by atoms with Gasteiger partial charge in [-0.15, -0.1) is 0 Å². The molecule has 0 aliphatic heterocycles. The molecule has 0 radical (unpaired) electrons. The van der Waals surface area contributed by atoms with Gasteiger partial charge in [-0.1, -0.05) is 25.5 Å². The maximum atomic E-state index is 11.7. The van der Waals surface area contributed by atoms with Crippen LogP contribution in [0.4, 0.5) is 0 Å². The van der Waals surface area contributed by atoms with Crippen LogP contribution in [0.2, 0.25) is 0 Å². The van der Waals surface area contributed by atoms with Crippen molar-refractivity contribution in [2.24, 2.45) is 22.7 Å². The molecule has 4 rings (SSSR count). The zero-order chi connectivity index (χ0) is 15.8. The Morgan fingerprint density at radius 1 is 1.14 bits per heavy atom. The van der Waals surface area contributed by atoms with E-state index in [0.717, 1.165) is 25.7 Å². The van der Waals surface area contributed by atoms with Crippen molar-refractivity contribution in [3.8, 4) is 0 Å². The van der Waals surface area contributed by atoms with E-state index in [-0.39, 0.29) is 28.6 Å². The molecule has 0 spiro atoms. The van der Waals surface area contributed by atoms with Crippen molar-refractivity contribution in [1.82, 2.24) is 0 Å². The number of ketones is 1. The molecule has 0 aromatic carbocycles. The number of carbonyl (C=O) groups excluding carboxylic acids is 1. The molecule has 4 aliphatic carbocycles. The first-order valence-corrected chi connectivity index (χ1v) is 8.66. The Morgan fingerprint density at radius 2 is 1.91 bits per heavy atom. The monoisotopic (exact) mass is 302 g/mol. The first-order chi connectivity index (χ1) is 10.3. The fraction of sp³-hybridized carbons (Fsp3) is 0.737. The molecule has 3 nitrogen and oxygen atoms in total. The molecule has 0 amide bonds. The lowest BCUT2D eigenvalue weighted by Crippen LogP contribution is -2.61. The molecule has 6 unspecified atom stereocenters. The van der Waals surface area contributed by atoms with Crippen molar-refractivity contribution < 1.29 is 15.0 Å². The fourth-order valence-electron chi connectivity index (χ4n) is 6.14. The van der Waals surface area contributed by atoms with E-state index < -0.39 is 5.60 Å². The Hall–Kier alpha value is -0.930. The summed E-state index contributed by atoms with van der Waals surface area (Å²) in [5, 5.41) is 22.0. The third-order valence-electron chi connectivity index (χ3n) is 7.69. The summed E-state index contributed by atoms with van der Waals surface area (Å²) in [6, 6.07) is 0. The average molecular weight is 302 g/mol. The molecule has 4 aliphatic rings. The quantitative estimate of drug-likeness (QED) is 0.723. The van der Waals surface area contributed by atoms with Crippen molar-refractivity contribution in [2.75, 3.05) is 0 Å². The summed E-state index contributed by atoms with van der Waals surface area (Å²) in [4.78, 5) is 11.7. The minimum Gasteiger partial charge on any atom is -0.392 e. The number of aliphatic hydroxyl groups excluding tert-OH is 1. The summed E-state index contributed by atoms with van der Waals surface area (Å²) in [5.41, 5.74) is 0.0348. The van der Waals surface area contributed by atoms with Crippen LogP contribution < -0.4 is 0 Å². The van der Waals surface area contributed by atoms with Gasteiger partial charge in [-0.05, 0) is 62.5 Å². The topological polar surface area (TPSA) is 57.5 Å². The molecule has 120 valence electrons. The summed E-state index contributed by atoms with van der Waals surface area (Å²) in [6.45, 7) is 4.31. The normalized spacial score (nSPS) is 53.5. The summed E-state index contributed by atoms with van der Waals surface area (Å²) in [7, 11) is 0. The van der Waals surface area contributed by atoms with E-state index in [2.05, 4.69) is 19.9 Å². The van der Waals surface area contributed by atoms with Crippen molar-refractivity contribution in [2.45, 2.75) is 64.1 Å². The van der Waals surface area contributed by atoms with Gasteiger partial charge < -0.3 is 10.2 Å². The minimum atomic E-state index is -0.751. The Kier molecular flexibility index (Phi) is 2.88. The van der Waals surface area contributed by atoms with Gasteiger partial charge in [-0.25, -0.2) is 0 Å². The fourth-order valence-corrected chi connectivity index (χ4v) is 6.14. The molecular weight excluding hydrogens is 276 g/mol. The highest BCUT2D eigenvalue weighted by Gasteiger charge is 2.66. The molecule has 0 aromatic rings. The number of allylic oxidation sites excluding steroid dienone is 4. The molecular formula is C19H26O3. The first kappa shape index (κ1) is 14.6. The first-order valence-electron chi connectivity index (χ1n) is 8.66. The molecule has 3 heteroatoms. The SMILES string of the molecule is CC12C=CC(=O)C=C1CCC1C2CCC2(C)C(O)CCC12O. The van der Waals surface area contributed by atoms with Crippen molar-refractivity contribution in [1.29, 1.82) is 0 Å². The van der Waals surface area contributed by atoms with E-state index in [0.29, 0.717) is 18.8 Å². The van der Waals surface area contributed by atoms with Crippen LogP contribution in [0.3, 0.4) is 0 Å². The standard InChI is InChI=1S/C19H26O3/c1-17-8-5-13(20)11-12(17)3-4-15-14(17)6-9-18(2)16(21)7-10-19(15,18)22/h5,8,11,14-16,21-22H,3-4,6-7,9-10H2,1-2H3. The van der Waals surface area contributed by atoms with E-state index in [9.17, 15) is 15.0 Å². The second-order valence-electron chi connectivity index (χ2n) is 8.37. The van der Waals surface area contributed by atoms with Gasteiger partial charge in [0, 0.05) is 10.8 Å². The molecule has 3 saturated carbocycles. The van der Waals surface area contributed by atoms with Crippen LogP contribution in [0.15, 0.2) is 23.8 Å². The van der Waals surface area contributed by atoms with Gasteiger partial charge in [0.1, 0.15) is 0 Å². The molecule has 2 N–H and O–H groups in total. The van der Waals surface area contributed by atoms with Crippen LogP contribution in [0.1, 0.15) is 52.4 Å². The maximum absolute atomic E-state index is 11.7. The summed E-state index contributed by atoms with van der Waals surface area (Å²) >= 11 is 0. The zero-order valence-electron chi connectivity index (χ0n) is 13.5. The maximum Gasteiger partial charge on any atom is 0.178 e. The van der Waals surface area contributed by atoms with Gasteiger partial charge >= 0.3 is 0 Å². The van der Waals surface area contributed by atoms with Crippen LogP contribution in [0.25, 0.3) is 0 Å². The number of aliphatic hydroxyl groups is 2. The number of hydrogen-bond donors (Lipinski definition) is 2. The van der Waals surface area contributed by atoms with Crippen molar-refractivity contribution >= 4 is 5.78 Å². The van der Waals surface area contributed by atoms with Crippen LogP contribution >= 0.6 is 0 Å². The van der Waals surface area contributed by atoms with Gasteiger partial charge in [0.05, 0.1) is 11.7 Å². The van der Waals surface area contributed by atoms with E-state index in [1.807, 2.05) is 6.08 Å². The Balaban J connectivity index is 1.76. The number of hydrogen-bond acceptors (Lipinski definition) is 3. The zero-order valence-corrected chi connectivity index (χ0v) is 13.5. The highest BCUT2D eigenvalue weighted by molar-refractivity contribution is 6.01. The lowest BCUT2D eigenvalue weighted by Gasteiger charge is -2.60. The molecule has 0 aromatic heterocycles. The molecule has 3 fully saturated rings. The van der Waals surface area contributed by atoms with E-state index in [4.69, 9.17) is 0 Å². The Bertz CT molecular complexity index is 591. The van der Waals surface area contributed by atoms with Gasteiger partial charge in [0.15, 0.2) is 5.78 Å². The highest BCUT2D eigenvalue weighted by atomic mass is 16.3. The third kappa shape index (κ3) is 1.57. The third-order valence-corrected chi connectivity index (χ3v) is 7.69. The Morgan fingerprint density at radius 3 is 2.68 bits per heavy atom. The molecule has 6 atom stereocenters. The van der Waals surface area contributed by atoms with E-state index in [1.54, 1.807) is 6.08 Å². The molecule has 0 saturated heterocycles. The van der Waals surface area contributed by atoms with Crippen molar-refractivity contribution in [3.05, 3.63) is 23.8 Å². The lowest BCUT2D eigenvalue weighted by molar-refractivity contribution is -0.187. The predicted octanol–water partition coefficient (Wildman–Crippen LogP) is 2.77. The van der Waals surface area contributed by atoms with Crippen LogP contribution in [-0.2, 0) is 4.79 Å². The smallest absolute Gasteiger partial charge is 0.178 e. The molecule has 22 heavy (non-hydrogen) atoms. The van der Waals surface area contributed by atoms with Crippen LogP contribution in [0.5, 0.6) is 0 Å². The minimum absolute atomic E-state index is 0.0958. The number of fused-ring (bicyclic) bond motifs is 5. The summed E-state index contributed by atoms with van der Waals surface area (Å²) in [5.74, 6) is 0.699. The average Bonchev–Trinajstić information content (AvgIpc) is 2.72. The van der Waals surface area contributed by atoms with E-state index >= 15 is 0 Å². The van der Waals surface area contributed by atoms with Gasteiger partial charge in [-0.2, -0.15) is 0 Å². The van der Waals surface area contributed by atoms with E-state index in [1.165, 1.54) is 5.57 Å². The highest BCUT2D eigenvalue weighted by Crippen LogP contribution is 2.66. The largest absolute Gasteiger partial charge is 0.392 e. The summed E-state index contributed by atoms with van der Waals surface area (Å²) in [6.07, 6.45) is 10.4. The summed E-state index contributed by atoms with van der Waals surface area (Å²) < 4.78 is 0. The van der Waals surface area contributed by atoms with Crippen LogP contribution in [0, 0.1) is 22.7 Å². The second kappa shape index (κ2) is 4.33.